The normalized spacial score (nSPS) is 11.4. The van der Waals surface area contributed by atoms with Gasteiger partial charge in [0.2, 0.25) is 0 Å². The van der Waals surface area contributed by atoms with Crippen molar-refractivity contribution in [2.24, 2.45) is 0 Å². The summed E-state index contributed by atoms with van der Waals surface area (Å²) in [5, 5.41) is 1.58. The number of hydrogen-bond acceptors (Lipinski definition) is 4. The molecule has 0 atom stereocenters. The van der Waals surface area contributed by atoms with Crippen molar-refractivity contribution >= 4 is 27.5 Å². The Kier molecular flexibility index (Phi) is 2.10. The molecule has 0 radical (unpaired) electrons. The molecule has 0 aromatic carbocycles. The second kappa shape index (κ2) is 2.75. The van der Waals surface area contributed by atoms with Crippen molar-refractivity contribution in [1.82, 2.24) is 0 Å². The Morgan fingerprint density at radius 2 is 2.18 bits per heavy atom. The Balaban J connectivity index is 3.35. The molecule has 5 heteroatoms. The minimum atomic E-state index is -3.21. The summed E-state index contributed by atoms with van der Waals surface area (Å²) in [6.07, 6.45) is 1.64. The van der Waals surface area contributed by atoms with Crippen LogP contribution in [-0.4, -0.2) is 21.0 Å². The van der Waals surface area contributed by atoms with E-state index in [0.717, 1.165) is 17.6 Å². The average Bonchev–Trinajstić information content (AvgIpc) is 2.31. The molecule has 0 amide bonds. The molecule has 0 saturated heterocycles. The topological polar surface area (TPSA) is 51.2 Å². The minimum absolute atomic E-state index is 0.146. The summed E-state index contributed by atoms with van der Waals surface area (Å²) in [6, 6.07) is 1.49. The van der Waals surface area contributed by atoms with Crippen molar-refractivity contribution in [3.63, 3.8) is 0 Å². The van der Waals surface area contributed by atoms with Crippen molar-refractivity contribution in [1.29, 1.82) is 0 Å². The molecule has 3 nitrogen and oxygen atoms in total. The van der Waals surface area contributed by atoms with Gasteiger partial charge in [0.1, 0.15) is 4.21 Å². The zero-order valence-corrected chi connectivity index (χ0v) is 7.41. The predicted molar refractivity (Wildman–Crippen MR) is 42.8 cm³/mol. The fourth-order valence-corrected chi connectivity index (χ4v) is 2.69. The van der Waals surface area contributed by atoms with Crippen LogP contribution in [0.1, 0.15) is 10.4 Å². The lowest BCUT2D eigenvalue weighted by Gasteiger charge is -1.91. The fraction of sp³-hybridized carbons (Fsp3) is 0.167. The quantitative estimate of drug-likeness (QED) is 0.653. The second-order valence-corrected chi connectivity index (χ2v) is 5.18. The Bertz CT molecular complexity index is 361. The number of thiophene rings is 1. The van der Waals surface area contributed by atoms with Gasteiger partial charge in [0.05, 0.1) is 0 Å². The van der Waals surface area contributed by atoms with Crippen molar-refractivity contribution in [2.75, 3.05) is 6.26 Å². The summed E-state index contributed by atoms with van der Waals surface area (Å²) in [4.78, 5) is 10.3. The molecule has 0 saturated carbocycles. The van der Waals surface area contributed by atoms with Crippen LogP contribution in [-0.2, 0) is 9.84 Å². The van der Waals surface area contributed by atoms with Gasteiger partial charge in [0.15, 0.2) is 16.1 Å². The minimum Gasteiger partial charge on any atom is -0.298 e. The zero-order chi connectivity index (χ0) is 8.48. The maximum Gasteiger partial charge on any atom is 0.185 e. The first-order valence-electron chi connectivity index (χ1n) is 2.78. The molecule has 1 rings (SSSR count). The van der Waals surface area contributed by atoms with Crippen LogP contribution in [0.3, 0.4) is 0 Å². The van der Waals surface area contributed by atoms with E-state index in [1.165, 1.54) is 6.07 Å². The van der Waals surface area contributed by atoms with Crippen LogP contribution >= 0.6 is 11.3 Å². The van der Waals surface area contributed by atoms with Crippen molar-refractivity contribution < 1.29 is 13.2 Å². The van der Waals surface area contributed by atoms with Crippen LogP contribution in [0.5, 0.6) is 0 Å². The Morgan fingerprint density at radius 1 is 1.55 bits per heavy atom. The third-order valence-corrected chi connectivity index (χ3v) is 3.95. The van der Waals surface area contributed by atoms with Crippen LogP contribution in [0, 0.1) is 0 Å². The van der Waals surface area contributed by atoms with E-state index in [0.29, 0.717) is 6.29 Å². The van der Waals surface area contributed by atoms with E-state index in [9.17, 15) is 13.2 Å². The summed E-state index contributed by atoms with van der Waals surface area (Å²) in [5.74, 6) is 0. The molecule has 0 N–H and O–H groups in total. The molecule has 0 aliphatic carbocycles. The summed E-state index contributed by atoms with van der Waals surface area (Å²) >= 11 is 1.06. The predicted octanol–water partition coefficient (Wildman–Crippen LogP) is 0.964. The molecule has 0 unspecified atom stereocenters. The first kappa shape index (κ1) is 8.42. The van der Waals surface area contributed by atoms with Crippen molar-refractivity contribution in [3.8, 4) is 0 Å². The van der Waals surface area contributed by atoms with Gasteiger partial charge in [0.25, 0.3) is 0 Å². The van der Waals surface area contributed by atoms with Crippen molar-refractivity contribution in [2.45, 2.75) is 4.21 Å². The largest absolute Gasteiger partial charge is 0.298 e. The van der Waals surface area contributed by atoms with E-state index in [1.807, 2.05) is 0 Å². The molecule has 0 spiro atoms. The third kappa shape index (κ3) is 1.66. The summed E-state index contributed by atoms with van der Waals surface area (Å²) in [6.45, 7) is 0. The number of rotatable bonds is 2. The van der Waals surface area contributed by atoms with Crippen molar-refractivity contribution in [3.05, 3.63) is 17.0 Å². The van der Waals surface area contributed by atoms with E-state index in [1.54, 1.807) is 5.38 Å². The molecular formula is C6H6O3S2. The van der Waals surface area contributed by atoms with E-state index in [-0.39, 0.29) is 9.77 Å². The third-order valence-electron chi connectivity index (χ3n) is 1.12. The summed E-state index contributed by atoms with van der Waals surface area (Å²) < 4.78 is 22.0. The van der Waals surface area contributed by atoms with Crippen LogP contribution in [0.15, 0.2) is 15.7 Å². The number of aldehydes is 1. The zero-order valence-electron chi connectivity index (χ0n) is 5.77. The lowest BCUT2D eigenvalue weighted by Crippen LogP contribution is -1.96. The molecule has 1 heterocycles. The van der Waals surface area contributed by atoms with Gasteiger partial charge in [-0.05, 0) is 11.4 Å². The molecule has 1 aromatic rings. The number of sulfone groups is 1. The smallest absolute Gasteiger partial charge is 0.185 e. The van der Waals surface area contributed by atoms with Gasteiger partial charge in [-0.25, -0.2) is 8.42 Å². The molecule has 1 aromatic heterocycles. The Labute approximate surface area is 68.6 Å². The van der Waals surface area contributed by atoms with E-state index in [2.05, 4.69) is 0 Å². The lowest BCUT2D eigenvalue weighted by molar-refractivity contribution is 0.112. The highest BCUT2D eigenvalue weighted by Crippen LogP contribution is 2.20. The van der Waals surface area contributed by atoms with Crippen LogP contribution in [0.2, 0.25) is 0 Å². The van der Waals surface area contributed by atoms with E-state index in [4.69, 9.17) is 0 Å². The highest BCUT2D eigenvalue weighted by molar-refractivity contribution is 7.92. The highest BCUT2D eigenvalue weighted by Gasteiger charge is 2.13. The lowest BCUT2D eigenvalue weighted by atomic mass is 10.4. The number of hydrogen-bond donors (Lipinski definition) is 0. The molecule has 0 bridgehead atoms. The summed E-state index contributed by atoms with van der Waals surface area (Å²) in [5.41, 5.74) is 0.248. The van der Waals surface area contributed by atoms with Gasteiger partial charge < -0.3 is 0 Å². The van der Waals surface area contributed by atoms with E-state index >= 15 is 0 Å². The number of carbonyl (C=O) groups is 1. The highest BCUT2D eigenvalue weighted by atomic mass is 32.2. The summed E-state index contributed by atoms with van der Waals surface area (Å²) in [7, 11) is -3.21. The van der Waals surface area contributed by atoms with Crippen LogP contribution < -0.4 is 0 Å². The first-order valence-corrected chi connectivity index (χ1v) is 5.55. The molecule has 60 valence electrons. The van der Waals surface area contributed by atoms with Gasteiger partial charge in [-0.2, -0.15) is 0 Å². The van der Waals surface area contributed by atoms with Crippen LogP contribution in [0.25, 0.3) is 0 Å². The Hall–Kier alpha value is -0.680. The average molecular weight is 190 g/mol. The molecule has 0 aliphatic heterocycles. The fourth-order valence-electron chi connectivity index (χ4n) is 0.694. The monoisotopic (exact) mass is 190 g/mol. The van der Waals surface area contributed by atoms with Gasteiger partial charge in [0, 0.05) is 11.8 Å². The van der Waals surface area contributed by atoms with Gasteiger partial charge in [-0.3, -0.25) is 4.79 Å². The maximum atomic E-state index is 10.9. The molecular weight excluding hydrogens is 184 g/mol. The standard InChI is InChI=1S/C6H6O3S2/c1-11(8,9)6-5(4-7)2-3-10-6/h2-4H,1H3. The Morgan fingerprint density at radius 3 is 2.55 bits per heavy atom. The SMILES string of the molecule is CS(=O)(=O)c1sccc1C=O. The molecule has 11 heavy (non-hydrogen) atoms. The first-order chi connectivity index (χ1) is 5.05. The second-order valence-electron chi connectivity index (χ2n) is 2.05. The van der Waals surface area contributed by atoms with Gasteiger partial charge >= 0.3 is 0 Å². The molecule has 0 fully saturated rings. The maximum absolute atomic E-state index is 10.9. The van der Waals surface area contributed by atoms with Gasteiger partial charge in [-0.1, -0.05) is 0 Å². The van der Waals surface area contributed by atoms with Crippen LogP contribution in [0.4, 0.5) is 0 Å². The van der Waals surface area contributed by atoms with E-state index < -0.39 is 9.84 Å². The molecule has 0 aliphatic rings. The van der Waals surface area contributed by atoms with Gasteiger partial charge in [-0.15, -0.1) is 11.3 Å². The number of carbonyl (C=O) groups excluding carboxylic acids is 1.